The molecule has 5 nitrogen and oxygen atoms in total. The van der Waals surface area contributed by atoms with Crippen LogP contribution in [0.4, 0.5) is 4.48 Å². The van der Waals surface area contributed by atoms with Crippen LogP contribution in [-0.2, 0) is 9.59 Å². The SMILES string of the molecule is O=C(NC(CCCCNF)C(=O)O)C1CCCC1. The molecular formula is C12H21FN2O3. The molecule has 1 rings (SSSR count). The first-order chi connectivity index (χ1) is 8.65. The molecule has 6 heteroatoms. The Hall–Kier alpha value is -1.17. The lowest BCUT2D eigenvalue weighted by Gasteiger charge is -2.17. The molecule has 0 heterocycles. The molecule has 0 aliphatic heterocycles. The van der Waals surface area contributed by atoms with E-state index >= 15 is 0 Å². The highest BCUT2D eigenvalue weighted by Gasteiger charge is 2.26. The van der Waals surface area contributed by atoms with Gasteiger partial charge in [-0.05, 0) is 32.1 Å². The number of aliphatic carboxylic acids is 1. The monoisotopic (exact) mass is 260 g/mol. The third-order valence-corrected chi connectivity index (χ3v) is 3.35. The average molecular weight is 260 g/mol. The molecule has 0 spiro atoms. The number of hydrogen-bond donors (Lipinski definition) is 3. The maximum atomic E-state index is 11.8. The van der Waals surface area contributed by atoms with Crippen LogP contribution in [0.5, 0.6) is 0 Å². The highest BCUT2D eigenvalue weighted by molar-refractivity contribution is 5.85. The second-order valence-corrected chi connectivity index (χ2v) is 4.76. The Morgan fingerprint density at radius 3 is 2.50 bits per heavy atom. The molecule has 3 N–H and O–H groups in total. The van der Waals surface area contributed by atoms with E-state index in [1.165, 1.54) is 5.54 Å². The van der Waals surface area contributed by atoms with Crippen LogP contribution < -0.4 is 10.9 Å². The number of carbonyl (C=O) groups is 2. The zero-order chi connectivity index (χ0) is 13.4. The molecule has 0 radical (unpaired) electrons. The normalized spacial score (nSPS) is 17.6. The summed E-state index contributed by atoms with van der Waals surface area (Å²) >= 11 is 0. The Morgan fingerprint density at radius 1 is 1.28 bits per heavy atom. The van der Waals surface area contributed by atoms with Crippen molar-refractivity contribution in [1.29, 1.82) is 0 Å². The number of nitrogens with one attached hydrogen (secondary N) is 2. The minimum atomic E-state index is -1.02. The molecule has 1 aliphatic carbocycles. The first-order valence-electron chi connectivity index (χ1n) is 6.52. The molecule has 104 valence electrons. The third-order valence-electron chi connectivity index (χ3n) is 3.35. The Morgan fingerprint density at radius 2 is 1.94 bits per heavy atom. The molecule has 1 unspecified atom stereocenters. The van der Waals surface area contributed by atoms with Gasteiger partial charge in [0.1, 0.15) is 6.04 Å². The molecule has 1 amide bonds. The molecule has 1 fully saturated rings. The van der Waals surface area contributed by atoms with Crippen molar-refractivity contribution < 1.29 is 19.2 Å². The highest BCUT2D eigenvalue weighted by atomic mass is 19.2. The number of carboxylic acid groups (broad SMARTS) is 1. The van der Waals surface area contributed by atoms with Crippen LogP contribution in [0.25, 0.3) is 0 Å². The predicted octanol–water partition coefficient (Wildman–Crippen LogP) is 1.39. The van der Waals surface area contributed by atoms with Crippen LogP contribution in [0.3, 0.4) is 0 Å². The minimum absolute atomic E-state index is 0.0284. The van der Waals surface area contributed by atoms with Gasteiger partial charge in [-0.25, -0.2) is 4.79 Å². The van der Waals surface area contributed by atoms with E-state index in [-0.39, 0.29) is 18.4 Å². The van der Waals surface area contributed by atoms with Gasteiger partial charge in [-0.15, -0.1) is 4.48 Å². The van der Waals surface area contributed by atoms with Crippen molar-refractivity contribution >= 4 is 11.9 Å². The second kappa shape index (κ2) is 8.02. The lowest BCUT2D eigenvalue weighted by Crippen LogP contribution is -2.43. The van der Waals surface area contributed by atoms with Crippen LogP contribution in [0.1, 0.15) is 44.9 Å². The number of unbranched alkanes of at least 4 members (excludes halogenated alkanes) is 1. The highest BCUT2D eigenvalue weighted by Crippen LogP contribution is 2.24. The van der Waals surface area contributed by atoms with Gasteiger partial charge >= 0.3 is 5.97 Å². The topological polar surface area (TPSA) is 78.4 Å². The molecule has 1 aliphatic rings. The third kappa shape index (κ3) is 5.00. The Bertz CT molecular complexity index is 280. The Kier molecular flexibility index (Phi) is 6.64. The van der Waals surface area contributed by atoms with Crippen molar-refractivity contribution in [3.63, 3.8) is 0 Å². The summed E-state index contributed by atoms with van der Waals surface area (Å²) in [5, 5.41) is 11.6. The van der Waals surface area contributed by atoms with E-state index in [2.05, 4.69) is 5.32 Å². The number of hydrogen-bond acceptors (Lipinski definition) is 3. The summed E-state index contributed by atoms with van der Waals surface area (Å²) in [7, 11) is 0. The molecule has 18 heavy (non-hydrogen) atoms. The summed E-state index contributed by atoms with van der Waals surface area (Å²) in [6.07, 6.45) is 5.25. The van der Waals surface area contributed by atoms with Crippen LogP contribution in [-0.4, -0.2) is 29.6 Å². The van der Waals surface area contributed by atoms with Crippen LogP contribution in [0.2, 0.25) is 0 Å². The fraction of sp³-hybridized carbons (Fsp3) is 0.833. The summed E-state index contributed by atoms with van der Waals surface area (Å²) < 4.78 is 11.7. The van der Waals surface area contributed by atoms with E-state index in [0.717, 1.165) is 25.7 Å². The molecule has 0 aromatic heterocycles. The van der Waals surface area contributed by atoms with Gasteiger partial charge in [0.25, 0.3) is 0 Å². The van der Waals surface area contributed by atoms with Gasteiger partial charge in [-0.1, -0.05) is 12.8 Å². The molecule has 0 saturated heterocycles. The lowest BCUT2D eigenvalue weighted by atomic mass is 10.1. The number of carboxylic acids is 1. The first-order valence-corrected chi connectivity index (χ1v) is 6.52. The Balaban J connectivity index is 2.32. The van der Waals surface area contributed by atoms with Crippen molar-refractivity contribution in [1.82, 2.24) is 10.9 Å². The standard InChI is InChI=1S/C12H21FN2O3/c13-14-8-4-3-7-10(12(17)18)15-11(16)9-5-1-2-6-9/h9-10,14H,1-8H2,(H,15,16)(H,17,18). The summed E-state index contributed by atoms with van der Waals surface area (Å²) in [5.74, 6) is -1.20. The lowest BCUT2D eigenvalue weighted by molar-refractivity contribution is -0.142. The minimum Gasteiger partial charge on any atom is -0.480 e. The predicted molar refractivity (Wildman–Crippen MR) is 64.5 cm³/mol. The van der Waals surface area contributed by atoms with Crippen LogP contribution >= 0.6 is 0 Å². The van der Waals surface area contributed by atoms with Gasteiger partial charge in [-0.2, -0.15) is 5.54 Å². The van der Waals surface area contributed by atoms with Crippen molar-refractivity contribution in [2.45, 2.75) is 51.0 Å². The number of halogens is 1. The molecule has 0 aromatic carbocycles. The quantitative estimate of drug-likeness (QED) is 0.455. The zero-order valence-corrected chi connectivity index (χ0v) is 10.5. The first kappa shape index (κ1) is 14.9. The summed E-state index contributed by atoms with van der Waals surface area (Å²) in [4.78, 5) is 22.8. The smallest absolute Gasteiger partial charge is 0.326 e. The molecule has 0 aromatic rings. The second-order valence-electron chi connectivity index (χ2n) is 4.76. The van der Waals surface area contributed by atoms with Crippen LogP contribution in [0, 0.1) is 5.92 Å². The van der Waals surface area contributed by atoms with Gasteiger partial charge in [0.05, 0.1) is 0 Å². The van der Waals surface area contributed by atoms with Gasteiger partial charge in [-0.3, -0.25) is 4.79 Å². The van der Waals surface area contributed by atoms with E-state index in [9.17, 15) is 14.1 Å². The van der Waals surface area contributed by atoms with E-state index in [1.54, 1.807) is 0 Å². The van der Waals surface area contributed by atoms with E-state index in [0.29, 0.717) is 19.3 Å². The Labute approximate surface area is 106 Å². The number of amides is 1. The fourth-order valence-electron chi connectivity index (χ4n) is 2.28. The summed E-state index contributed by atoms with van der Waals surface area (Å²) in [6.45, 7) is 0.211. The molecule has 1 atom stereocenters. The van der Waals surface area contributed by atoms with E-state index < -0.39 is 12.0 Å². The number of rotatable bonds is 8. The van der Waals surface area contributed by atoms with Gasteiger partial charge in [0.2, 0.25) is 5.91 Å². The van der Waals surface area contributed by atoms with Crippen molar-refractivity contribution in [3.05, 3.63) is 0 Å². The molecule has 0 bridgehead atoms. The molecule has 1 saturated carbocycles. The summed E-state index contributed by atoms with van der Waals surface area (Å²) in [5.41, 5.74) is 1.52. The largest absolute Gasteiger partial charge is 0.480 e. The zero-order valence-electron chi connectivity index (χ0n) is 10.5. The maximum absolute atomic E-state index is 11.8. The average Bonchev–Trinajstić information content (AvgIpc) is 2.86. The van der Waals surface area contributed by atoms with Crippen molar-refractivity contribution in [2.75, 3.05) is 6.54 Å². The molecular weight excluding hydrogens is 239 g/mol. The van der Waals surface area contributed by atoms with Gasteiger partial charge < -0.3 is 10.4 Å². The van der Waals surface area contributed by atoms with Crippen molar-refractivity contribution in [2.24, 2.45) is 5.92 Å². The van der Waals surface area contributed by atoms with Gasteiger partial charge in [0, 0.05) is 12.5 Å². The van der Waals surface area contributed by atoms with Crippen LogP contribution in [0.15, 0.2) is 0 Å². The fourth-order valence-corrected chi connectivity index (χ4v) is 2.28. The number of carbonyl (C=O) groups excluding carboxylic acids is 1. The van der Waals surface area contributed by atoms with E-state index in [1.807, 2.05) is 0 Å². The van der Waals surface area contributed by atoms with Crippen molar-refractivity contribution in [3.8, 4) is 0 Å². The summed E-state index contributed by atoms with van der Waals surface area (Å²) in [6, 6.07) is -0.849. The van der Waals surface area contributed by atoms with E-state index in [4.69, 9.17) is 5.11 Å². The maximum Gasteiger partial charge on any atom is 0.326 e. The van der Waals surface area contributed by atoms with Gasteiger partial charge in [0.15, 0.2) is 0 Å².